The monoisotopic (exact) mass is 299 g/mol. The van der Waals surface area contributed by atoms with Crippen LogP contribution in [-0.4, -0.2) is 26.7 Å². The minimum Gasteiger partial charge on any atom is -0.384 e. The van der Waals surface area contributed by atoms with E-state index >= 15 is 0 Å². The van der Waals surface area contributed by atoms with E-state index in [0.717, 1.165) is 12.1 Å². The second kappa shape index (κ2) is 7.39. The zero-order valence-electron chi connectivity index (χ0n) is 11.5. The van der Waals surface area contributed by atoms with E-state index in [1.165, 1.54) is 6.07 Å². The molecule has 0 fully saturated rings. The average molecular weight is 299 g/mol. The summed E-state index contributed by atoms with van der Waals surface area (Å²) >= 11 is 0. The maximum Gasteiger partial charge on any atom is 0.241 e. The summed E-state index contributed by atoms with van der Waals surface area (Å²) in [4.78, 5) is -0.0800. The molecule has 1 rings (SSSR count). The Labute approximate surface area is 119 Å². The summed E-state index contributed by atoms with van der Waals surface area (Å²) in [7, 11) is -3.73. The van der Waals surface area contributed by atoms with Crippen LogP contribution in [0.25, 0.3) is 0 Å². The van der Waals surface area contributed by atoms with E-state index in [1.807, 2.05) is 13.8 Å². The van der Waals surface area contributed by atoms with Crippen LogP contribution in [-0.2, 0) is 10.0 Å². The van der Waals surface area contributed by atoms with Crippen LogP contribution < -0.4 is 4.72 Å². The van der Waals surface area contributed by atoms with Gasteiger partial charge in [0.1, 0.15) is 12.4 Å². The van der Waals surface area contributed by atoms with Crippen molar-refractivity contribution in [1.82, 2.24) is 4.72 Å². The third-order valence-electron chi connectivity index (χ3n) is 2.55. The van der Waals surface area contributed by atoms with Crippen molar-refractivity contribution in [1.29, 1.82) is 0 Å². The van der Waals surface area contributed by atoms with Crippen molar-refractivity contribution in [3.63, 3.8) is 0 Å². The molecule has 1 aromatic rings. The van der Waals surface area contributed by atoms with Gasteiger partial charge in [-0.2, -0.15) is 0 Å². The molecule has 0 radical (unpaired) electrons. The number of halogens is 1. The summed E-state index contributed by atoms with van der Waals surface area (Å²) in [5.74, 6) is 4.57. The summed E-state index contributed by atoms with van der Waals surface area (Å²) in [5, 5.41) is 8.66. The van der Waals surface area contributed by atoms with Crippen LogP contribution in [0.15, 0.2) is 23.1 Å². The number of aliphatic hydroxyl groups is 1. The highest BCUT2D eigenvalue weighted by Crippen LogP contribution is 2.16. The van der Waals surface area contributed by atoms with E-state index in [1.54, 1.807) is 0 Å². The predicted octanol–water partition coefficient (Wildman–Crippen LogP) is 1.49. The smallest absolute Gasteiger partial charge is 0.241 e. The fourth-order valence-electron chi connectivity index (χ4n) is 1.53. The van der Waals surface area contributed by atoms with Gasteiger partial charge in [-0.1, -0.05) is 25.7 Å². The van der Waals surface area contributed by atoms with Crippen molar-refractivity contribution in [2.24, 2.45) is 5.92 Å². The molecule has 110 valence electrons. The largest absolute Gasteiger partial charge is 0.384 e. The Morgan fingerprint density at radius 3 is 2.70 bits per heavy atom. The molecule has 0 aliphatic carbocycles. The molecule has 1 aromatic carbocycles. The highest BCUT2D eigenvalue weighted by molar-refractivity contribution is 7.89. The number of hydrogen-bond acceptors (Lipinski definition) is 3. The lowest BCUT2D eigenvalue weighted by Gasteiger charge is -2.10. The van der Waals surface area contributed by atoms with E-state index in [0.29, 0.717) is 18.9 Å². The van der Waals surface area contributed by atoms with Crippen LogP contribution in [0.2, 0.25) is 0 Å². The highest BCUT2D eigenvalue weighted by atomic mass is 32.2. The van der Waals surface area contributed by atoms with Crippen LogP contribution in [0.4, 0.5) is 4.39 Å². The molecular formula is C14H18FNO3S. The molecule has 0 aliphatic rings. The fraction of sp³-hybridized carbons (Fsp3) is 0.429. The van der Waals surface area contributed by atoms with E-state index < -0.39 is 22.4 Å². The van der Waals surface area contributed by atoms with Crippen molar-refractivity contribution in [2.75, 3.05) is 13.2 Å². The second-order valence-corrected chi connectivity index (χ2v) is 6.42. The number of sulfonamides is 1. The molecule has 0 unspecified atom stereocenters. The minimum atomic E-state index is -3.73. The van der Waals surface area contributed by atoms with E-state index in [4.69, 9.17) is 5.11 Å². The van der Waals surface area contributed by atoms with Gasteiger partial charge in [0, 0.05) is 12.1 Å². The Morgan fingerprint density at radius 1 is 1.40 bits per heavy atom. The second-order valence-electron chi connectivity index (χ2n) is 4.68. The summed E-state index contributed by atoms with van der Waals surface area (Å²) in [6.45, 7) is 3.87. The topological polar surface area (TPSA) is 66.4 Å². The highest BCUT2D eigenvalue weighted by Gasteiger charge is 2.18. The normalized spacial score (nSPS) is 11.2. The first-order chi connectivity index (χ1) is 9.36. The van der Waals surface area contributed by atoms with Gasteiger partial charge in [0.05, 0.1) is 4.90 Å². The van der Waals surface area contributed by atoms with Gasteiger partial charge in [0.25, 0.3) is 0 Å². The van der Waals surface area contributed by atoms with E-state index in [9.17, 15) is 12.8 Å². The Morgan fingerprint density at radius 2 is 2.10 bits per heavy atom. The molecule has 2 N–H and O–H groups in total. The molecule has 0 aromatic heterocycles. The number of aliphatic hydroxyl groups excluding tert-OH is 1. The fourth-order valence-corrected chi connectivity index (χ4v) is 2.72. The predicted molar refractivity (Wildman–Crippen MR) is 75.0 cm³/mol. The van der Waals surface area contributed by atoms with E-state index in [2.05, 4.69) is 16.6 Å². The summed E-state index contributed by atoms with van der Waals surface area (Å²) in [6, 6.07) is 3.29. The SMILES string of the molecule is CC(C)CCNS(=O)(=O)c1ccc(F)cc1C#CCO. The molecular weight excluding hydrogens is 281 g/mol. The lowest BCUT2D eigenvalue weighted by molar-refractivity contribution is 0.350. The van der Waals surface area contributed by atoms with Gasteiger partial charge in [-0.25, -0.2) is 17.5 Å². The molecule has 6 heteroatoms. The average Bonchev–Trinajstić information content (AvgIpc) is 2.35. The van der Waals surface area contributed by atoms with Crippen LogP contribution in [0.1, 0.15) is 25.8 Å². The third kappa shape index (κ3) is 4.93. The van der Waals surface area contributed by atoms with Crippen molar-refractivity contribution in [2.45, 2.75) is 25.2 Å². The van der Waals surface area contributed by atoms with Gasteiger partial charge < -0.3 is 5.11 Å². The Hall–Kier alpha value is -1.42. The minimum absolute atomic E-state index is 0.0381. The van der Waals surface area contributed by atoms with E-state index in [-0.39, 0.29) is 10.5 Å². The Bertz CT molecular complexity index is 615. The molecule has 20 heavy (non-hydrogen) atoms. The van der Waals surface area contributed by atoms with Crippen molar-refractivity contribution in [3.05, 3.63) is 29.6 Å². The summed E-state index contributed by atoms with van der Waals surface area (Å²) in [6.07, 6.45) is 0.706. The maximum atomic E-state index is 13.2. The number of nitrogens with one attached hydrogen (secondary N) is 1. The molecule has 0 aliphatic heterocycles. The Kier molecular flexibility index (Phi) is 6.14. The van der Waals surface area contributed by atoms with Crippen LogP contribution in [0.3, 0.4) is 0 Å². The standard InChI is InChI=1S/C14H18FNO3S/c1-11(2)7-8-16-20(18,19)14-6-5-13(15)10-12(14)4-3-9-17/h5-6,10-11,16-17H,7-9H2,1-2H3. The Balaban J connectivity index is 3.05. The van der Waals surface area contributed by atoms with Gasteiger partial charge >= 0.3 is 0 Å². The third-order valence-corrected chi connectivity index (χ3v) is 4.07. The van der Waals surface area contributed by atoms with Gasteiger partial charge in [-0.15, -0.1) is 0 Å². The summed E-state index contributed by atoms with van der Waals surface area (Å²) in [5.41, 5.74) is 0.0381. The number of benzene rings is 1. The van der Waals surface area contributed by atoms with Gasteiger partial charge in [-0.05, 0) is 30.5 Å². The number of hydrogen-bond donors (Lipinski definition) is 2. The molecule has 4 nitrogen and oxygen atoms in total. The van der Waals surface area contributed by atoms with Crippen molar-refractivity contribution < 1.29 is 17.9 Å². The van der Waals surface area contributed by atoms with Crippen molar-refractivity contribution in [3.8, 4) is 11.8 Å². The zero-order chi connectivity index (χ0) is 15.2. The first kappa shape index (κ1) is 16.6. The van der Waals surface area contributed by atoms with Crippen LogP contribution in [0, 0.1) is 23.6 Å². The van der Waals surface area contributed by atoms with Gasteiger partial charge in [0.2, 0.25) is 10.0 Å². The zero-order valence-corrected chi connectivity index (χ0v) is 12.3. The van der Waals surface area contributed by atoms with Gasteiger partial charge in [0.15, 0.2) is 0 Å². The molecule has 0 amide bonds. The maximum absolute atomic E-state index is 13.2. The van der Waals surface area contributed by atoms with Gasteiger partial charge in [-0.3, -0.25) is 0 Å². The number of rotatable bonds is 5. The van der Waals surface area contributed by atoms with Crippen LogP contribution in [0.5, 0.6) is 0 Å². The molecule has 0 spiro atoms. The molecule has 0 heterocycles. The molecule has 0 atom stereocenters. The van der Waals surface area contributed by atoms with Crippen molar-refractivity contribution >= 4 is 10.0 Å². The quantitative estimate of drug-likeness (QED) is 0.810. The lowest BCUT2D eigenvalue weighted by atomic mass is 10.1. The molecule has 0 saturated carbocycles. The lowest BCUT2D eigenvalue weighted by Crippen LogP contribution is -2.26. The van der Waals surface area contributed by atoms with Crippen LogP contribution >= 0.6 is 0 Å². The first-order valence-electron chi connectivity index (χ1n) is 6.25. The molecule has 0 saturated heterocycles. The summed E-state index contributed by atoms with van der Waals surface area (Å²) < 4.78 is 39.9. The molecule has 0 bridgehead atoms. The first-order valence-corrected chi connectivity index (χ1v) is 7.74.